The molecular formula is C21H28N4O2. The maximum absolute atomic E-state index is 12.0. The van der Waals surface area contributed by atoms with E-state index in [-0.39, 0.29) is 11.8 Å². The van der Waals surface area contributed by atoms with Crippen molar-refractivity contribution in [3.63, 3.8) is 0 Å². The van der Waals surface area contributed by atoms with Gasteiger partial charge in [-0.3, -0.25) is 9.59 Å². The summed E-state index contributed by atoms with van der Waals surface area (Å²) in [5, 5.41) is 0. The van der Waals surface area contributed by atoms with E-state index in [1.54, 1.807) is 43.0 Å². The van der Waals surface area contributed by atoms with Gasteiger partial charge >= 0.3 is 0 Å². The number of pyridine rings is 1. The molecule has 1 aromatic heterocycles. The minimum absolute atomic E-state index is 0.00426. The zero-order valence-electron chi connectivity index (χ0n) is 16.7. The Labute approximate surface area is 161 Å². The van der Waals surface area contributed by atoms with Crippen molar-refractivity contribution in [1.82, 2.24) is 9.88 Å². The molecule has 27 heavy (non-hydrogen) atoms. The smallest absolute Gasteiger partial charge is 0.253 e. The van der Waals surface area contributed by atoms with Gasteiger partial charge in [0.25, 0.3) is 5.91 Å². The zero-order chi connectivity index (χ0) is 20.1. The SMILES string of the molecule is CC(=O)N1C[C@H](C)Cc2cc(C(=O)N(C)C)ccc21.Cc1cccc(N)n1. The molecule has 0 bridgehead atoms. The number of hydrogen-bond donors (Lipinski definition) is 1. The first-order valence-electron chi connectivity index (χ1n) is 9.01. The summed E-state index contributed by atoms with van der Waals surface area (Å²) in [6.07, 6.45) is 0.910. The lowest BCUT2D eigenvalue weighted by Gasteiger charge is -2.32. The molecule has 144 valence electrons. The minimum Gasteiger partial charge on any atom is -0.384 e. The summed E-state index contributed by atoms with van der Waals surface area (Å²) in [6.45, 7) is 6.37. The highest BCUT2D eigenvalue weighted by atomic mass is 16.2. The van der Waals surface area contributed by atoms with Gasteiger partial charge in [0.15, 0.2) is 0 Å². The van der Waals surface area contributed by atoms with Crippen LogP contribution in [0.2, 0.25) is 0 Å². The highest BCUT2D eigenvalue weighted by Gasteiger charge is 2.25. The molecule has 6 heteroatoms. The number of aryl methyl sites for hydroxylation is 1. The molecule has 2 heterocycles. The van der Waals surface area contributed by atoms with Crippen molar-refractivity contribution >= 4 is 23.3 Å². The van der Waals surface area contributed by atoms with Crippen LogP contribution in [0, 0.1) is 12.8 Å². The Balaban J connectivity index is 0.000000273. The summed E-state index contributed by atoms with van der Waals surface area (Å²) in [6, 6.07) is 11.2. The second-order valence-electron chi connectivity index (χ2n) is 7.19. The van der Waals surface area contributed by atoms with E-state index in [0.29, 0.717) is 17.3 Å². The van der Waals surface area contributed by atoms with Crippen LogP contribution in [-0.4, -0.2) is 42.3 Å². The van der Waals surface area contributed by atoms with Gasteiger partial charge in [-0.1, -0.05) is 13.0 Å². The third kappa shape index (κ3) is 5.29. The van der Waals surface area contributed by atoms with Crippen LogP contribution in [0.15, 0.2) is 36.4 Å². The van der Waals surface area contributed by atoms with Crippen molar-refractivity contribution in [2.75, 3.05) is 31.3 Å². The van der Waals surface area contributed by atoms with Crippen molar-refractivity contribution in [2.24, 2.45) is 5.92 Å². The average Bonchev–Trinajstić information content (AvgIpc) is 2.59. The number of anilines is 2. The molecule has 0 radical (unpaired) electrons. The molecule has 2 N–H and O–H groups in total. The highest BCUT2D eigenvalue weighted by molar-refractivity contribution is 5.97. The summed E-state index contributed by atoms with van der Waals surface area (Å²) in [5.74, 6) is 1.06. The monoisotopic (exact) mass is 368 g/mol. The van der Waals surface area contributed by atoms with Crippen LogP contribution in [0.1, 0.15) is 35.5 Å². The Morgan fingerprint density at radius 1 is 1.22 bits per heavy atom. The molecule has 6 nitrogen and oxygen atoms in total. The Hall–Kier alpha value is -2.89. The first-order chi connectivity index (χ1) is 12.7. The molecule has 0 saturated heterocycles. The Morgan fingerprint density at radius 3 is 2.44 bits per heavy atom. The highest BCUT2D eigenvalue weighted by Crippen LogP contribution is 2.30. The predicted molar refractivity (Wildman–Crippen MR) is 109 cm³/mol. The van der Waals surface area contributed by atoms with Crippen LogP contribution in [0.4, 0.5) is 11.5 Å². The first-order valence-corrected chi connectivity index (χ1v) is 9.01. The van der Waals surface area contributed by atoms with E-state index in [0.717, 1.165) is 29.9 Å². The van der Waals surface area contributed by atoms with Gasteiger partial charge in [-0.15, -0.1) is 0 Å². The molecule has 2 amide bonds. The maximum Gasteiger partial charge on any atom is 0.253 e. The summed E-state index contributed by atoms with van der Waals surface area (Å²) in [7, 11) is 3.48. The van der Waals surface area contributed by atoms with Gasteiger partial charge in [0.05, 0.1) is 0 Å². The number of aromatic nitrogens is 1. The number of nitrogen functional groups attached to an aromatic ring is 1. The van der Waals surface area contributed by atoms with Crippen LogP contribution < -0.4 is 10.6 Å². The number of carbonyl (C=O) groups is 2. The average molecular weight is 368 g/mol. The maximum atomic E-state index is 12.0. The fourth-order valence-corrected chi connectivity index (χ4v) is 3.12. The predicted octanol–water partition coefficient (Wildman–Crippen LogP) is 2.91. The van der Waals surface area contributed by atoms with Crippen molar-refractivity contribution in [2.45, 2.75) is 27.2 Å². The van der Waals surface area contributed by atoms with Crippen LogP contribution in [0.25, 0.3) is 0 Å². The van der Waals surface area contributed by atoms with Crippen LogP contribution in [0.3, 0.4) is 0 Å². The fraction of sp³-hybridized carbons (Fsp3) is 0.381. The summed E-state index contributed by atoms with van der Waals surface area (Å²) >= 11 is 0. The normalized spacial score (nSPS) is 15.3. The fourth-order valence-electron chi connectivity index (χ4n) is 3.12. The minimum atomic E-state index is -0.00426. The second kappa shape index (κ2) is 8.66. The van der Waals surface area contributed by atoms with E-state index in [1.165, 1.54) is 0 Å². The number of benzene rings is 1. The van der Waals surface area contributed by atoms with Gasteiger partial charge in [0.1, 0.15) is 5.82 Å². The van der Waals surface area contributed by atoms with E-state index in [1.807, 2.05) is 31.2 Å². The Bertz CT molecular complexity index is 815. The second-order valence-corrected chi connectivity index (χ2v) is 7.19. The molecule has 0 saturated carbocycles. The number of nitrogens with two attached hydrogens (primary N) is 1. The molecular weight excluding hydrogens is 340 g/mol. The van der Waals surface area contributed by atoms with E-state index >= 15 is 0 Å². The zero-order valence-corrected chi connectivity index (χ0v) is 16.7. The molecule has 0 spiro atoms. The lowest BCUT2D eigenvalue weighted by atomic mass is 9.92. The third-order valence-corrected chi connectivity index (χ3v) is 4.38. The third-order valence-electron chi connectivity index (χ3n) is 4.38. The number of amides is 2. The van der Waals surface area contributed by atoms with E-state index in [2.05, 4.69) is 11.9 Å². The number of fused-ring (bicyclic) bond motifs is 1. The van der Waals surface area contributed by atoms with Crippen LogP contribution >= 0.6 is 0 Å². The number of hydrogen-bond acceptors (Lipinski definition) is 4. The van der Waals surface area contributed by atoms with E-state index in [4.69, 9.17) is 5.73 Å². The lowest BCUT2D eigenvalue weighted by molar-refractivity contribution is -0.116. The quantitative estimate of drug-likeness (QED) is 0.839. The van der Waals surface area contributed by atoms with E-state index < -0.39 is 0 Å². The van der Waals surface area contributed by atoms with Crippen LogP contribution in [0.5, 0.6) is 0 Å². The largest absolute Gasteiger partial charge is 0.384 e. The van der Waals surface area contributed by atoms with Gasteiger partial charge < -0.3 is 15.5 Å². The van der Waals surface area contributed by atoms with Gasteiger partial charge in [-0.2, -0.15) is 0 Å². The van der Waals surface area contributed by atoms with Crippen molar-refractivity contribution < 1.29 is 9.59 Å². The molecule has 1 aliphatic heterocycles. The van der Waals surface area contributed by atoms with Gasteiger partial charge in [0, 0.05) is 44.5 Å². The topological polar surface area (TPSA) is 79.5 Å². The number of carbonyl (C=O) groups excluding carboxylic acids is 2. The van der Waals surface area contributed by atoms with Gasteiger partial charge in [0.2, 0.25) is 5.91 Å². The molecule has 0 unspecified atom stereocenters. The summed E-state index contributed by atoms with van der Waals surface area (Å²) in [4.78, 5) is 31.0. The molecule has 1 atom stereocenters. The molecule has 2 aromatic rings. The van der Waals surface area contributed by atoms with Crippen LogP contribution in [-0.2, 0) is 11.2 Å². The van der Waals surface area contributed by atoms with E-state index in [9.17, 15) is 9.59 Å². The standard InChI is InChI=1S/C15H20N2O2.C6H8N2/c1-10-7-13-8-12(15(19)16(3)4)5-6-14(13)17(9-10)11(2)18;1-5-3-2-4-6(7)8-5/h5-6,8,10H,7,9H2,1-4H3;2-4H,1H3,(H2,7,8)/t10-;/m1./s1. The molecule has 3 rings (SSSR count). The van der Waals surface area contributed by atoms with Crippen molar-refractivity contribution in [3.05, 3.63) is 53.2 Å². The first kappa shape index (κ1) is 20.4. The molecule has 0 aliphatic carbocycles. The summed E-state index contributed by atoms with van der Waals surface area (Å²) < 4.78 is 0. The molecule has 1 aromatic carbocycles. The van der Waals surface area contributed by atoms with Gasteiger partial charge in [-0.25, -0.2) is 4.98 Å². The Morgan fingerprint density at radius 2 is 1.93 bits per heavy atom. The number of rotatable bonds is 1. The van der Waals surface area contributed by atoms with Crippen molar-refractivity contribution in [1.29, 1.82) is 0 Å². The number of nitrogens with zero attached hydrogens (tertiary/aromatic N) is 3. The van der Waals surface area contributed by atoms with Crippen molar-refractivity contribution in [3.8, 4) is 0 Å². The lowest BCUT2D eigenvalue weighted by Crippen LogP contribution is -2.37. The summed E-state index contributed by atoms with van der Waals surface area (Å²) in [5.41, 5.74) is 9.02. The molecule has 1 aliphatic rings. The van der Waals surface area contributed by atoms with Gasteiger partial charge in [-0.05, 0) is 55.2 Å². The Kier molecular flexibility index (Phi) is 6.55. The molecule has 0 fully saturated rings.